The zero-order valence-corrected chi connectivity index (χ0v) is 18.4. The first kappa shape index (κ1) is 22.3. The Hall–Kier alpha value is -2.42. The molecule has 5 heteroatoms. The Kier molecular flexibility index (Phi) is 6.80. The molecule has 0 unspecified atom stereocenters. The molecule has 0 aliphatic carbocycles. The summed E-state index contributed by atoms with van der Waals surface area (Å²) in [7, 11) is -2.50. The van der Waals surface area contributed by atoms with Crippen LogP contribution in [-0.4, -0.2) is 0 Å². The Morgan fingerprint density at radius 1 is 0.467 bits per heavy atom. The van der Waals surface area contributed by atoms with Gasteiger partial charge in [0.2, 0.25) is 0 Å². The second-order valence-corrected chi connectivity index (χ2v) is 10.1. The average molecular weight is 487 g/mol. The third kappa shape index (κ3) is 4.08. The largest absolute Gasteiger partial charge is 1.00 e. The molecule has 0 bridgehead atoms. The molecule has 0 aromatic heterocycles. The van der Waals surface area contributed by atoms with Crippen LogP contribution in [0.15, 0.2) is 115 Å². The molecule has 0 nitrogen and oxygen atoms in total. The van der Waals surface area contributed by atoms with Gasteiger partial charge in [-0.2, -0.15) is 13.2 Å². The summed E-state index contributed by atoms with van der Waals surface area (Å²) in [4.78, 5) is 0. The summed E-state index contributed by atoms with van der Waals surface area (Å²) in [6.45, 7) is 0. The summed E-state index contributed by atoms with van der Waals surface area (Å²) in [6, 6.07) is 35.4. The van der Waals surface area contributed by atoms with Crippen molar-refractivity contribution in [3.05, 3.63) is 121 Å². The van der Waals surface area contributed by atoms with E-state index in [0.717, 1.165) is 22.0 Å². The zero-order valence-electron chi connectivity index (χ0n) is 15.9. The SMILES string of the molecule is FC(F)(F)c1cccc([P+](c2ccccc2)(c2ccccc2)c2ccccc2)c1.[Br-]. The van der Waals surface area contributed by atoms with E-state index in [4.69, 9.17) is 0 Å². The lowest BCUT2D eigenvalue weighted by Gasteiger charge is -2.28. The van der Waals surface area contributed by atoms with E-state index in [1.165, 1.54) is 12.1 Å². The van der Waals surface area contributed by atoms with E-state index in [-0.39, 0.29) is 17.0 Å². The molecule has 4 rings (SSSR count). The smallest absolute Gasteiger partial charge is 0.416 e. The highest BCUT2D eigenvalue weighted by Gasteiger charge is 2.48. The van der Waals surface area contributed by atoms with Gasteiger partial charge in [0.05, 0.1) is 5.56 Å². The Morgan fingerprint density at radius 3 is 1.20 bits per heavy atom. The van der Waals surface area contributed by atoms with Gasteiger partial charge in [-0.15, -0.1) is 0 Å². The molecule has 4 aromatic rings. The van der Waals surface area contributed by atoms with Crippen LogP contribution in [0.5, 0.6) is 0 Å². The van der Waals surface area contributed by atoms with Crippen molar-refractivity contribution < 1.29 is 30.2 Å². The van der Waals surface area contributed by atoms with Crippen LogP contribution in [0.2, 0.25) is 0 Å². The fourth-order valence-electron chi connectivity index (χ4n) is 3.74. The molecule has 0 N–H and O–H groups in total. The van der Waals surface area contributed by atoms with Crippen LogP contribution in [0.1, 0.15) is 5.56 Å². The van der Waals surface area contributed by atoms with Crippen molar-refractivity contribution in [3.63, 3.8) is 0 Å². The number of halogens is 4. The fraction of sp³-hybridized carbons (Fsp3) is 0.0400. The second-order valence-electron chi connectivity index (χ2n) is 6.73. The molecule has 0 heterocycles. The first-order chi connectivity index (χ1) is 14.0. The van der Waals surface area contributed by atoms with Crippen LogP contribution in [-0.2, 0) is 6.18 Å². The maximum atomic E-state index is 13.6. The van der Waals surface area contributed by atoms with Crippen LogP contribution in [0, 0.1) is 0 Å². The van der Waals surface area contributed by atoms with Crippen LogP contribution < -0.4 is 38.2 Å². The summed E-state index contributed by atoms with van der Waals surface area (Å²) in [5, 5.41) is 3.76. The lowest BCUT2D eigenvalue weighted by Crippen LogP contribution is -3.00. The molecule has 0 aliphatic rings. The predicted octanol–water partition coefficient (Wildman–Crippen LogP) is 2.33. The van der Waals surface area contributed by atoms with Crippen LogP contribution in [0.3, 0.4) is 0 Å². The van der Waals surface area contributed by atoms with Gasteiger partial charge in [0.1, 0.15) is 28.5 Å². The molecular formula is C25H19BrF3P. The summed E-state index contributed by atoms with van der Waals surface area (Å²) in [5.41, 5.74) is -0.623. The maximum absolute atomic E-state index is 13.6. The van der Waals surface area contributed by atoms with Gasteiger partial charge < -0.3 is 17.0 Å². The summed E-state index contributed by atoms with van der Waals surface area (Å²) >= 11 is 0. The molecule has 0 fully saturated rings. The molecule has 0 atom stereocenters. The van der Waals surface area contributed by atoms with Crippen molar-refractivity contribution in [2.45, 2.75) is 6.18 Å². The summed E-state index contributed by atoms with van der Waals surface area (Å²) in [5.74, 6) is 0. The lowest BCUT2D eigenvalue weighted by molar-refractivity contribution is -0.137. The monoisotopic (exact) mass is 486 g/mol. The van der Waals surface area contributed by atoms with Gasteiger partial charge in [-0.25, -0.2) is 0 Å². The molecule has 0 amide bonds. The predicted molar refractivity (Wildman–Crippen MR) is 116 cm³/mol. The molecule has 0 radical (unpaired) electrons. The summed E-state index contributed by atoms with van der Waals surface area (Å²) in [6.07, 6.45) is -4.39. The number of hydrogen-bond donors (Lipinski definition) is 0. The average Bonchev–Trinajstić information content (AvgIpc) is 2.76. The van der Waals surface area contributed by atoms with Gasteiger partial charge in [0, 0.05) is 0 Å². The minimum Gasteiger partial charge on any atom is -1.00 e. The third-order valence-corrected chi connectivity index (χ3v) is 9.26. The van der Waals surface area contributed by atoms with Crippen molar-refractivity contribution >= 4 is 28.5 Å². The number of benzene rings is 4. The topological polar surface area (TPSA) is 0 Å². The van der Waals surface area contributed by atoms with Crippen molar-refractivity contribution in [2.75, 3.05) is 0 Å². The van der Waals surface area contributed by atoms with Crippen LogP contribution >= 0.6 is 7.26 Å². The van der Waals surface area contributed by atoms with Crippen LogP contribution in [0.25, 0.3) is 0 Å². The molecule has 4 aromatic carbocycles. The highest BCUT2D eigenvalue weighted by Crippen LogP contribution is 2.54. The Balaban J connectivity index is 0.00000256. The van der Waals surface area contributed by atoms with E-state index >= 15 is 0 Å². The van der Waals surface area contributed by atoms with Crippen molar-refractivity contribution in [2.24, 2.45) is 0 Å². The normalized spacial score (nSPS) is 11.6. The first-order valence-corrected chi connectivity index (χ1v) is 11.1. The quantitative estimate of drug-likeness (QED) is 0.388. The molecule has 0 saturated heterocycles. The summed E-state index contributed by atoms with van der Waals surface area (Å²) < 4.78 is 40.7. The van der Waals surface area contributed by atoms with E-state index in [1.54, 1.807) is 0 Å². The van der Waals surface area contributed by atoms with E-state index < -0.39 is 19.0 Å². The second kappa shape index (κ2) is 9.16. The molecule has 0 saturated carbocycles. The van der Waals surface area contributed by atoms with Gasteiger partial charge in [-0.3, -0.25) is 0 Å². The van der Waals surface area contributed by atoms with Gasteiger partial charge >= 0.3 is 6.18 Å². The Labute approximate surface area is 185 Å². The third-order valence-electron chi connectivity index (χ3n) is 4.99. The number of hydrogen-bond acceptors (Lipinski definition) is 0. The Morgan fingerprint density at radius 2 is 0.833 bits per heavy atom. The highest BCUT2D eigenvalue weighted by atomic mass is 79.9. The lowest BCUT2D eigenvalue weighted by atomic mass is 10.2. The van der Waals surface area contributed by atoms with Gasteiger partial charge in [0.25, 0.3) is 0 Å². The molecule has 0 aliphatic heterocycles. The maximum Gasteiger partial charge on any atom is 0.416 e. The minimum atomic E-state index is -4.39. The van der Waals surface area contributed by atoms with Crippen molar-refractivity contribution in [1.29, 1.82) is 0 Å². The highest BCUT2D eigenvalue weighted by molar-refractivity contribution is 8.01. The van der Waals surface area contributed by atoms with E-state index in [1.807, 2.05) is 97.1 Å². The fourth-order valence-corrected chi connectivity index (χ4v) is 8.03. The Bertz CT molecular complexity index is 985. The van der Waals surface area contributed by atoms with Gasteiger partial charge in [-0.05, 0) is 54.6 Å². The van der Waals surface area contributed by atoms with E-state index in [2.05, 4.69) is 0 Å². The van der Waals surface area contributed by atoms with Crippen LogP contribution in [0.4, 0.5) is 13.2 Å². The molecule has 30 heavy (non-hydrogen) atoms. The standard InChI is InChI=1S/C25H19F3P.BrH/c26-25(27,28)20-11-10-18-24(19-20)29(21-12-4-1-5-13-21,22-14-6-2-7-15-22)23-16-8-3-9-17-23;/h1-19H;1H/q+1;/p-1. The minimum absolute atomic E-state index is 0. The number of alkyl halides is 3. The van der Waals surface area contributed by atoms with Gasteiger partial charge in [-0.1, -0.05) is 60.7 Å². The zero-order chi connectivity index (χ0) is 20.3. The van der Waals surface area contributed by atoms with Crippen molar-refractivity contribution in [1.82, 2.24) is 0 Å². The van der Waals surface area contributed by atoms with Crippen molar-refractivity contribution in [3.8, 4) is 0 Å². The van der Waals surface area contributed by atoms with Gasteiger partial charge in [0.15, 0.2) is 0 Å². The van der Waals surface area contributed by atoms with E-state index in [0.29, 0.717) is 5.30 Å². The molecule has 0 spiro atoms. The first-order valence-electron chi connectivity index (χ1n) is 9.26. The number of rotatable bonds is 4. The molecular weight excluding hydrogens is 468 g/mol. The van der Waals surface area contributed by atoms with E-state index in [9.17, 15) is 13.2 Å². The molecule has 152 valence electrons.